The number of aliphatic carboxylic acids is 1. The Morgan fingerprint density at radius 3 is 1.78 bits per heavy atom. The monoisotopic (exact) mass is 476 g/mol. The van der Waals surface area contributed by atoms with Crippen molar-refractivity contribution < 1.29 is 33.9 Å². The molecule has 14 heteroatoms. The molecule has 32 heavy (non-hydrogen) atoms. The van der Waals surface area contributed by atoms with E-state index in [-0.39, 0.29) is 30.9 Å². The fraction of sp³-hybridized carbons (Fsp3) is 0.667. The van der Waals surface area contributed by atoms with Crippen molar-refractivity contribution in [1.82, 2.24) is 16.0 Å². The van der Waals surface area contributed by atoms with Gasteiger partial charge in [-0.25, -0.2) is 4.79 Å². The Bertz CT molecular complexity index is 718. The Morgan fingerprint density at radius 1 is 0.844 bits per heavy atom. The molecule has 0 aliphatic carbocycles. The molecule has 0 saturated heterocycles. The van der Waals surface area contributed by atoms with Gasteiger partial charge in [0.1, 0.15) is 18.1 Å². The van der Waals surface area contributed by atoms with Gasteiger partial charge in [0, 0.05) is 12.2 Å². The van der Waals surface area contributed by atoms with Gasteiger partial charge in [0.2, 0.25) is 29.5 Å². The summed E-state index contributed by atoms with van der Waals surface area (Å²) in [6.07, 6.45) is -1.03. The SMILES string of the molecule is CC(C)CC(NC(=O)C(N)CS)C(=O)NC(CC(N)=O)C(=O)NC(CCC(N)=O)C(=O)O. The molecule has 0 heterocycles. The van der Waals surface area contributed by atoms with Crippen molar-refractivity contribution in [2.24, 2.45) is 23.1 Å². The Kier molecular flexibility index (Phi) is 13.0. The standard InChI is InChI=1S/C18H32N6O7S/c1-8(2)5-11(23-15(27)9(19)7-32)16(28)24-12(6-14(21)26)17(29)22-10(18(30)31)3-4-13(20)25/h8-12,32H,3-7,19H2,1-2H3,(H2,20,25)(H2,21,26)(H,22,29)(H,23,27)(H,24,28)(H,30,31). The van der Waals surface area contributed by atoms with Crippen molar-refractivity contribution in [3.05, 3.63) is 0 Å². The highest BCUT2D eigenvalue weighted by atomic mass is 32.1. The van der Waals surface area contributed by atoms with E-state index >= 15 is 0 Å². The van der Waals surface area contributed by atoms with Crippen molar-refractivity contribution in [3.8, 4) is 0 Å². The van der Waals surface area contributed by atoms with E-state index in [1.54, 1.807) is 13.8 Å². The lowest BCUT2D eigenvalue weighted by atomic mass is 10.0. The number of nitrogens with two attached hydrogens (primary N) is 3. The molecule has 0 aromatic heterocycles. The summed E-state index contributed by atoms with van der Waals surface area (Å²) in [5, 5.41) is 16.2. The van der Waals surface area contributed by atoms with Crippen LogP contribution < -0.4 is 33.2 Å². The highest BCUT2D eigenvalue weighted by Crippen LogP contribution is 2.07. The molecule has 0 aromatic rings. The smallest absolute Gasteiger partial charge is 0.326 e. The third kappa shape index (κ3) is 11.5. The van der Waals surface area contributed by atoms with Crippen molar-refractivity contribution >= 4 is 48.1 Å². The van der Waals surface area contributed by atoms with Crippen molar-refractivity contribution in [1.29, 1.82) is 0 Å². The normalized spacial score (nSPS) is 14.5. The summed E-state index contributed by atoms with van der Waals surface area (Å²) in [5.41, 5.74) is 15.8. The Hall–Kier alpha value is -2.87. The molecule has 13 nitrogen and oxygen atoms in total. The van der Waals surface area contributed by atoms with Crippen molar-refractivity contribution in [2.75, 3.05) is 5.75 Å². The summed E-state index contributed by atoms with van der Waals surface area (Å²) in [6, 6.07) is -5.05. The zero-order valence-corrected chi connectivity index (χ0v) is 18.9. The van der Waals surface area contributed by atoms with Crippen molar-refractivity contribution in [3.63, 3.8) is 0 Å². The predicted octanol–water partition coefficient (Wildman–Crippen LogP) is -3.03. The molecule has 0 rings (SSSR count). The molecule has 0 bridgehead atoms. The number of rotatable bonds is 15. The molecule has 0 aromatic carbocycles. The van der Waals surface area contributed by atoms with Crippen LogP contribution in [0.5, 0.6) is 0 Å². The first-order valence-corrected chi connectivity index (χ1v) is 10.5. The minimum absolute atomic E-state index is 0.0353. The lowest BCUT2D eigenvalue weighted by Crippen LogP contribution is -2.58. The van der Waals surface area contributed by atoms with Crippen LogP contribution in [0.25, 0.3) is 0 Å². The highest BCUT2D eigenvalue weighted by Gasteiger charge is 2.31. The van der Waals surface area contributed by atoms with E-state index in [0.29, 0.717) is 0 Å². The van der Waals surface area contributed by atoms with Crippen LogP contribution in [0.3, 0.4) is 0 Å². The second kappa shape index (κ2) is 14.2. The molecular weight excluding hydrogens is 444 g/mol. The molecule has 0 aliphatic heterocycles. The molecule has 10 N–H and O–H groups in total. The van der Waals surface area contributed by atoms with Gasteiger partial charge in [-0.05, 0) is 18.8 Å². The van der Waals surface area contributed by atoms with Crippen LogP contribution in [0.15, 0.2) is 0 Å². The molecule has 4 atom stereocenters. The molecule has 5 amide bonds. The Balaban J connectivity index is 5.49. The summed E-state index contributed by atoms with van der Waals surface area (Å²) in [6.45, 7) is 3.60. The molecule has 4 unspecified atom stereocenters. The van der Waals surface area contributed by atoms with Gasteiger partial charge in [0.15, 0.2) is 0 Å². The van der Waals surface area contributed by atoms with Crippen LogP contribution in [0, 0.1) is 5.92 Å². The van der Waals surface area contributed by atoms with E-state index < -0.39 is 66.1 Å². The first kappa shape index (κ1) is 29.1. The topological polar surface area (TPSA) is 237 Å². The quantitative estimate of drug-likeness (QED) is 0.113. The van der Waals surface area contributed by atoms with Gasteiger partial charge in [-0.15, -0.1) is 0 Å². The summed E-state index contributed by atoms with van der Waals surface area (Å²) in [5.74, 6) is -5.55. The average molecular weight is 477 g/mol. The van der Waals surface area contributed by atoms with Gasteiger partial charge in [-0.3, -0.25) is 24.0 Å². The zero-order valence-electron chi connectivity index (χ0n) is 18.0. The van der Waals surface area contributed by atoms with Gasteiger partial charge in [-0.1, -0.05) is 13.8 Å². The minimum Gasteiger partial charge on any atom is -0.480 e. The number of thiol groups is 1. The number of carboxylic acids is 1. The first-order chi connectivity index (χ1) is 14.8. The average Bonchev–Trinajstić information content (AvgIpc) is 2.67. The summed E-state index contributed by atoms with van der Waals surface area (Å²) in [4.78, 5) is 71.1. The maximum atomic E-state index is 12.8. The third-order valence-corrected chi connectivity index (χ3v) is 4.60. The lowest BCUT2D eigenvalue weighted by molar-refractivity contribution is -0.142. The number of hydrogen-bond acceptors (Lipinski definition) is 8. The number of primary amides is 2. The Morgan fingerprint density at radius 2 is 1.34 bits per heavy atom. The number of hydrogen-bond donors (Lipinski definition) is 8. The van der Waals surface area contributed by atoms with Crippen LogP contribution in [-0.4, -0.2) is 70.5 Å². The summed E-state index contributed by atoms with van der Waals surface area (Å²) < 4.78 is 0. The van der Waals surface area contributed by atoms with Crippen LogP contribution in [0.2, 0.25) is 0 Å². The van der Waals surface area contributed by atoms with Crippen molar-refractivity contribution in [2.45, 2.75) is 63.7 Å². The number of carbonyl (C=O) groups excluding carboxylic acids is 5. The van der Waals surface area contributed by atoms with E-state index in [4.69, 9.17) is 17.2 Å². The summed E-state index contributed by atoms with van der Waals surface area (Å²) >= 11 is 3.93. The van der Waals surface area contributed by atoms with Gasteiger partial charge in [-0.2, -0.15) is 12.6 Å². The van der Waals surface area contributed by atoms with Crippen LogP contribution in [0.1, 0.15) is 39.5 Å². The summed E-state index contributed by atoms with van der Waals surface area (Å²) in [7, 11) is 0. The number of nitrogens with one attached hydrogen (secondary N) is 3. The number of amides is 5. The molecule has 0 aliphatic rings. The Labute approximate surface area is 191 Å². The molecule has 0 spiro atoms. The number of carbonyl (C=O) groups is 6. The van der Waals surface area contributed by atoms with E-state index in [1.807, 2.05) is 0 Å². The van der Waals surface area contributed by atoms with Gasteiger partial charge in [0.05, 0.1) is 12.5 Å². The maximum Gasteiger partial charge on any atom is 0.326 e. The van der Waals surface area contributed by atoms with Crippen LogP contribution in [0.4, 0.5) is 0 Å². The zero-order chi connectivity index (χ0) is 25.0. The number of carboxylic acid groups (broad SMARTS) is 1. The van der Waals surface area contributed by atoms with Gasteiger partial charge in [0.25, 0.3) is 0 Å². The lowest BCUT2D eigenvalue weighted by Gasteiger charge is -2.25. The molecular formula is C18H32N6O7S. The molecule has 0 saturated carbocycles. The van der Waals surface area contributed by atoms with E-state index in [9.17, 15) is 33.9 Å². The molecule has 0 fully saturated rings. The van der Waals surface area contributed by atoms with Crippen LogP contribution >= 0.6 is 12.6 Å². The van der Waals surface area contributed by atoms with E-state index in [1.165, 1.54) is 0 Å². The van der Waals surface area contributed by atoms with E-state index in [0.717, 1.165) is 0 Å². The van der Waals surface area contributed by atoms with Gasteiger partial charge >= 0.3 is 5.97 Å². The van der Waals surface area contributed by atoms with E-state index in [2.05, 4.69) is 28.6 Å². The molecule has 182 valence electrons. The van der Waals surface area contributed by atoms with Crippen LogP contribution in [-0.2, 0) is 28.8 Å². The minimum atomic E-state index is -1.51. The van der Waals surface area contributed by atoms with Gasteiger partial charge < -0.3 is 38.3 Å². The second-order valence-corrected chi connectivity index (χ2v) is 7.98. The fourth-order valence-electron chi connectivity index (χ4n) is 2.56. The second-order valence-electron chi connectivity index (χ2n) is 7.62. The maximum absolute atomic E-state index is 12.8. The predicted molar refractivity (Wildman–Crippen MR) is 117 cm³/mol. The first-order valence-electron chi connectivity index (χ1n) is 9.85. The third-order valence-electron chi connectivity index (χ3n) is 4.21. The fourth-order valence-corrected chi connectivity index (χ4v) is 2.73. The largest absolute Gasteiger partial charge is 0.480 e. The highest BCUT2D eigenvalue weighted by molar-refractivity contribution is 7.80. The molecule has 0 radical (unpaired) electrons.